The number of benzene rings is 1. The van der Waals surface area contributed by atoms with E-state index in [2.05, 4.69) is 40.5 Å². The van der Waals surface area contributed by atoms with E-state index in [-0.39, 0.29) is 11.9 Å². The second kappa shape index (κ2) is 6.32. The van der Waals surface area contributed by atoms with Crippen LogP contribution in [0, 0.1) is 0 Å². The van der Waals surface area contributed by atoms with Gasteiger partial charge >= 0.3 is 6.03 Å². The number of carbonyl (C=O) groups excluding carboxylic acids is 2. The van der Waals surface area contributed by atoms with Crippen molar-refractivity contribution in [3.05, 3.63) is 35.9 Å². The molecular weight excluding hydrogens is 290 g/mol. The Morgan fingerprint density at radius 1 is 1.17 bits per heavy atom. The maximum atomic E-state index is 12.1. The monoisotopic (exact) mass is 315 g/mol. The number of amides is 3. The Hall–Kier alpha value is -1.88. The number of imide groups is 1. The lowest BCUT2D eigenvalue weighted by Crippen LogP contribution is -2.40. The first-order valence-corrected chi connectivity index (χ1v) is 8.39. The molecule has 1 N–H and O–H groups in total. The van der Waals surface area contributed by atoms with Crippen molar-refractivity contribution in [1.82, 2.24) is 15.1 Å². The van der Waals surface area contributed by atoms with Crippen LogP contribution in [-0.2, 0) is 4.79 Å². The summed E-state index contributed by atoms with van der Waals surface area (Å²) in [7, 11) is 0. The summed E-state index contributed by atoms with van der Waals surface area (Å²) in [4.78, 5) is 27.8. The molecular formula is C18H25N3O2. The fraction of sp³-hybridized carbons (Fsp3) is 0.556. The highest BCUT2D eigenvalue weighted by Gasteiger charge is 2.43. The van der Waals surface area contributed by atoms with Gasteiger partial charge in [-0.1, -0.05) is 30.3 Å². The first-order chi connectivity index (χ1) is 11.0. The van der Waals surface area contributed by atoms with Gasteiger partial charge in [0.05, 0.1) is 0 Å². The smallest absolute Gasteiger partial charge is 0.324 e. The SMILES string of the molecule is CC1(C)NC(=O)N(CCCN2CC[C@@H](c3ccccc3)C2)C1=O. The highest BCUT2D eigenvalue weighted by molar-refractivity contribution is 6.06. The predicted octanol–water partition coefficient (Wildman–Crippen LogP) is 2.20. The number of hydrogen-bond donors (Lipinski definition) is 1. The molecule has 0 bridgehead atoms. The van der Waals surface area contributed by atoms with Gasteiger partial charge < -0.3 is 10.2 Å². The van der Waals surface area contributed by atoms with Gasteiger partial charge in [0.15, 0.2) is 0 Å². The fourth-order valence-corrected chi connectivity index (χ4v) is 3.51. The summed E-state index contributed by atoms with van der Waals surface area (Å²) in [5, 5.41) is 2.72. The average molecular weight is 315 g/mol. The van der Waals surface area contributed by atoms with Crippen LogP contribution in [0.3, 0.4) is 0 Å². The number of nitrogens with one attached hydrogen (secondary N) is 1. The van der Waals surface area contributed by atoms with Crippen molar-refractivity contribution in [2.45, 2.75) is 38.1 Å². The van der Waals surface area contributed by atoms with Crippen molar-refractivity contribution in [1.29, 1.82) is 0 Å². The van der Waals surface area contributed by atoms with Crippen molar-refractivity contribution >= 4 is 11.9 Å². The molecule has 3 amide bonds. The van der Waals surface area contributed by atoms with Crippen LogP contribution in [0.4, 0.5) is 4.79 Å². The van der Waals surface area contributed by atoms with Crippen LogP contribution in [0.25, 0.3) is 0 Å². The molecule has 0 aliphatic carbocycles. The van der Waals surface area contributed by atoms with Crippen LogP contribution in [0.5, 0.6) is 0 Å². The summed E-state index contributed by atoms with van der Waals surface area (Å²) in [6.07, 6.45) is 2.01. The molecule has 5 heteroatoms. The van der Waals surface area contributed by atoms with Gasteiger partial charge in [-0.05, 0) is 51.3 Å². The van der Waals surface area contributed by atoms with E-state index in [0.29, 0.717) is 12.5 Å². The van der Waals surface area contributed by atoms with Crippen molar-refractivity contribution in [2.75, 3.05) is 26.2 Å². The van der Waals surface area contributed by atoms with Gasteiger partial charge in [-0.25, -0.2) is 4.79 Å². The zero-order valence-electron chi connectivity index (χ0n) is 13.9. The van der Waals surface area contributed by atoms with Crippen LogP contribution in [0.1, 0.15) is 38.2 Å². The topological polar surface area (TPSA) is 52.7 Å². The molecule has 23 heavy (non-hydrogen) atoms. The molecule has 2 aliphatic heterocycles. The molecule has 3 rings (SSSR count). The molecule has 0 aromatic heterocycles. The van der Waals surface area contributed by atoms with Crippen molar-refractivity contribution in [3.8, 4) is 0 Å². The summed E-state index contributed by atoms with van der Waals surface area (Å²) < 4.78 is 0. The summed E-state index contributed by atoms with van der Waals surface area (Å²) in [6.45, 7) is 7.08. The van der Waals surface area contributed by atoms with Gasteiger partial charge in [0.1, 0.15) is 5.54 Å². The van der Waals surface area contributed by atoms with Crippen molar-refractivity contribution in [2.24, 2.45) is 0 Å². The number of carbonyl (C=O) groups is 2. The Bertz CT molecular complexity index is 585. The quantitative estimate of drug-likeness (QED) is 0.848. The molecule has 0 unspecified atom stereocenters. The third-order valence-electron chi connectivity index (χ3n) is 4.84. The van der Waals surface area contributed by atoms with Crippen LogP contribution in [0.15, 0.2) is 30.3 Å². The number of hydrogen-bond acceptors (Lipinski definition) is 3. The molecule has 2 heterocycles. The predicted molar refractivity (Wildman–Crippen MR) is 89.2 cm³/mol. The van der Waals surface area contributed by atoms with Gasteiger partial charge in [-0.2, -0.15) is 0 Å². The van der Waals surface area contributed by atoms with Gasteiger partial charge in [0, 0.05) is 13.1 Å². The Labute approximate surface area is 137 Å². The van der Waals surface area contributed by atoms with Crippen molar-refractivity contribution in [3.63, 3.8) is 0 Å². The minimum absolute atomic E-state index is 0.119. The summed E-state index contributed by atoms with van der Waals surface area (Å²) in [6, 6.07) is 10.4. The van der Waals surface area contributed by atoms with E-state index in [1.54, 1.807) is 13.8 Å². The van der Waals surface area contributed by atoms with Crippen LogP contribution in [0.2, 0.25) is 0 Å². The van der Waals surface area contributed by atoms with Gasteiger partial charge in [-0.15, -0.1) is 0 Å². The molecule has 2 aliphatic rings. The molecule has 2 saturated heterocycles. The number of rotatable bonds is 5. The molecule has 5 nitrogen and oxygen atoms in total. The van der Waals surface area contributed by atoms with Gasteiger partial charge in [0.2, 0.25) is 0 Å². The highest BCUT2D eigenvalue weighted by atomic mass is 16.2. The van der Waals surface area contributed by atoms with E-state index in [0.717, 1.165) is 26.1 Å². The maximum Gasteiger partial charge on any atom is 0.325 e. The minimum atomic E-state index is -0.761. The molecule has 1 atom stereocenters. The molecule has 124 valence electrons. The minimum Gasteiger partial charge on any atom is -0.324 e. The lowest BCUT2D eigenvalue weighted by Gasteiger charge is -2.19. The lowest BCUT2D eigenvalue weighted by molar-refractivity contribution is -0.130. The summed E-state index contributed by atoms with van der Waals surface area (Å²) >= 11 is 0. The second-order valence-electron chi connectivity index (χ2n) is 7.06. The molecule has 0 radical (unpaired) electrons. The Morgan fingerprint density at radius 2 is 1.91 bits per heavy atom. The van der Waals surface area contributed by atoms with Gasteiger partial charge in [0.25, 0.3) is 5.91 Å². The van der Waals surface area contributed by atoms with Crippen LogP contribution in [-0.4, -0.2) is 53.5 Å². The van der Waals surface area contributed by atoms with Crippen LogP contribution >= 0.6 is 0 Å². The second-order valence-corrected chi connectivity index (χ2v) is 7.06. The lowest BCUT2D eigenvalue weighted by atomic mass is 9.99. The van der Waals surface area contributed by atoms with Gasteiger partial charge in [-0.3, -0.25) is 9.69 Å². The third kappa shape index (κ3) is 3.39. The summed E-state index contributed by atoms with van der Waals surface area (Å²) in [5.74, 6) is 0.484. The standard InChI is InChI=1S/C18H25N3O2/c1-18(2)16(22)21(17(23)19-18)11-6-10-20-12-9-15(13-20)14-7-4-3-5-8-14/h3-5,7-8,15H,6,9-13H2,1-2H3,(H,19,23)/t15-/m1/s1. The maximum absolute atomic E-state index is 12.1. The van der Waals surface area contributed by atoms with E-state index >= 15 is 0 Å². The van der Waals surface area contributed by atoms with Crippen LogP contribution < -0.4 is 5.32 Å². The Kier molecular flexibility index (Phi) is 4.39. The normalized spacial score (nSPS) is 24.3. The molecule has 2 fully saturated rings. The van der Waals surface area contributed by atoms with Crippen molar-refractivity contribution < 1.29 is 9.59 Å². The van der Waals surface area contributed by atoms with E-state index in [9.17, 15) is 9.59 Å². The largest absolute Gasteiger partial charge is 0.325 e. The number of nitrogens with zero attached hydrogens (tertiary/aromatic N) is 2. The van der Waals surface area contributed by atoms with E-state index in [4.69, 9.17) is 0 Å². The summed E-state index contributed by atoms with van der Waals surface area (Å²) in [5.41, 5.74) is 0.647. The van der Waals surface area contributed by atoms with E-state index in [1.807, 2.05) is 0 Å². The van der Waals surface area contributed by atoms with E-state index in [1.165, 1.54) is 16.9 Å². The first-order valence-electron chi connectivity index (χ1n) is 8.39. The fourth-order valence-electron chi connectivity index (χ4n) is 3.51. The third-order valence-corrected chi connectivity index (χ3v) is 4.84. The number of urea groups is 1. The van der Waals surface area contributed by atoms with E-state index < -0.39 is 5.54 Å². The first kappa shape index (κ1) is 16.0. The zero-order chi connectivity index (χ0) is 16.4. The highest BCUT2D eigenvalue weighted by Crippen LogP contribution is 2.27. The zero-order valence-corrected chi connectivity index (χ0v) is 13.9. The molecule has 1 aromatic rings. The molecule has 0 spiro atoms. The molecule has 1 aromatic carbocycles. The molecule has 0 saturated carbocycles. The number of likely N-dealkylation sites (tertiary alicyclic amines) is 1. The Balaban J connectivity index is 1.46. The Morgan fingerprint density at radius 3 is 2.57 bits per heavy atom. The average Bonchev–Trinajstić information content (AvgIpc) is 3.06.